The van der Waals surface area contributed by atoms with E-state index in [1.165, 1.54) is 0 Å². The Hall–Kier alpha value is -2.63. The fourth-order valence-electron chi connectivity index (χ4n) is 2.03. The molecule has 0 atom stereocenters. The average Bonchev–Trinajstić information content (AvgIpc) is 2.98. The Labute approximate surface area is 127 Å². The van der Waals surface area contributed by atoms with Crippen molar-refractivity contribution in [3.63, 3.8) is 0 Å². The van der Waals surface area contributed by atoms with E-state index in [4.69, 9.17) is 9.15 Å². The summed E-state index contributed by atoms with van der Waals surface area (Å²) in [6, 6.07) is 9.12. The lowest BCUT2D eigenvalue weighted by Gasteiger charge is -2.03. The van der Waals surface area contributed by atoms with Crippen LogP contribution >= 0.6 is 0 Å². The Balaban J connectivity index is 1.85. The van der Waals surface area contributed by atoms with Crippen molar-refractivity contribution in [3.05, 3.63) is 36.5 Å². The summed E-state index contributed by atoms with van der Waals surface area (Å²) < 4.78 is 23.3. The van der Waals surface area contributed by atoms with Crippen LogP contribution < -0.4 is 10.1 Å². The Kier molecular flexibility index (Phi) is 4.18. The van der Waals surface area contributed by atoms with E-state index in [1.54, 1.807) is 24.4 Å². The molecule has 3 rings (SSSR count). The van der Waals surface area contributed by atoms with Crippen molar-refractivity contribution in [2.45, 2.75) is 6.42 Å². The second kappa shape index (κ2) is 6.43. The Morgan fingerprint density at radius 2 is 2.18 bits per heavy atom. The van der Waals surface area contributed by atoms with Gasteiger partial charge in [-0.25, -0.2) is 9.97 Å². The summed E-state index contributed by atoms with van der Waals surface area (Å²) in [5.41, 5.74) is 2.17. The van der Waals surface area contributed by atoms with E-state index < -0.39 is 0 Å². The van der Waals surface area contributed by atoms with Gasteiger partial charge in [0.25, 0.3) is 0 Å². The molecule has 0 unspecified atom stereocenters. The second-order valence-electron chi connectivity index (χ2n) is 4.72. The molecule has 0 fully saturated rings. The predicted octanol–water partition coefficient (Wildman–Crippen LogP) is 3.67. The number of aromatic nitrogens is 2. The summed E-state index contributed by atoms with van der Waals surface area (Å²) in [5, 5.41) is 2.96. The summed E-state index contributed by atoms with van der Waals surface area (Å²) in [5.74, 6) is 1.94. The number of alkyl halides is 1. The number of pyridine rings is 1. The third-order valence-electron chi connectivity index (χ3n) is 3.17. The molecular formula is C16H16FN3O2. The van der Waals surface area contributed by atoms with Crippen LogP contribution in [0.3, 0.4) is 0 Å². The predicted molar refractivity (Wildman–Crippen MR) is 82.9 cm³/mol. The third kappa shape index (κ3) is 3.00. The van der Waals surface area contributed by atoms with Crippen LogP contribution in [0.5, 0.6) is 5.75 Å². The molecule has 1 N–H and O–H groups in total. The topological polar surface area (TPSA) is 60.2 Å². The molecule has 1 aromatic carbocycles. The lowest BCUT2D eigenvalue weighted by atomic mass is 10.3. The van der Waals surface area contributed by atoms with E-state index in [0.29, 0.717) is 35.8 Å². The third-order valence-corrected chi connectivity index (χ3v) is 3.17. The maximum Gasteiger partial charge on any atom is 0.228 e. The fourth-order valence-corrected chi connectivity index (χ4v) is 2.03. The van der Waals surface area contributed by atoms with Gasteiger partial charge in [0.1, 0.15) is 17.1 Å². The van der Waals surface area contributed by atoms with Gasteiger partial charge in [0, 0.05) is 25.7 Å². The summed E-state index contributed by atoms with van der Waals surface area (Å²) in [4.78, 5) is 8.69. The van der Waals surface area contributed by atoms with Crippen molar-refractivity contribution < 1.29 is 13.5 Å². The molecule has 22 heavy (non-hydrogen) atoms. The fraction of sp³-hybridized carbons (Fsp3) is 0.250. The van der Waals surface area contributed by atoms with Crippen molar-refractivity contribution in [1.82, 2.24) is 9.97 Å². The van der Waals surface area contributed by atoms with Crippen LogP contribution in [-0.2, 0) is 0 Å². The quantitative estimate of drug-likeness (QED) is 0.704. The molecule has 0 spiro atoms. The summed E-state index contributed by atoms with van der Waals surface area (Å²) in [6.07, 6.45) is 2.08. The van der Waals surface area contributed by atoms with Crippen LogP contribution in [0.4, 0.5) is 10.2 Å². The summed E-state index contributed by atoms with van der Waals surface area (Å²) >= 11 is 0. The van der Waals surface area contributed by atoms with Gasteiger partial charge < -0.3 is 14.5 Å². The van der Waals surface area contributed by atoms with Crippen molar-refractivity contribution in [3.8, 4) is 17.2 Å². The molecular weight excluding hydrogens is 285 g/mol. The number of benzene rings is 1. The standard InChI is InChI=1S/C16H16FN3O2/c1-18-15-6-3-11(10-19-15)16-20-13-9-12(21-8-2-7-17)4-5-14(13)22-16/h3-6,9-10H,2,7-8H2,1H3,(H,18,19). The van der Waals surface area contributed by atoms with Gasteiger partial charge >= 0.3 is 0 Å². The molecule has 0 aliphatic heterocycles. The van der Waals surface area contributed by atoms with Crippen LogP contribution in [-0.4, -0.2) is 30.3 Å². The molecule has 0 aliphatic rings. The zero-order valence-electron chi connectivity index (χ0n) is 12.2. The first kappa shape index (κ1) is 14.3. The van der Waals surface area contributed by atoms with Gasteiger partial charge in [0.2, 0.25) is 5.89 Å². The lowest BCUT2D eigenvalue weighted by Crippen LogP contribution is -1.97. The maximum atomic E-state index is 12.1. The van der Waals surface area contributed by atoms with E-state index in [2.05, 4.69) is 15.3 Å². The van der Waals surface area contributed by atoms with Gasteiger partial charge in [-0.3, -0.25) is 4.39 Å². The molecule has 2 aromatic heterocycles. The van der Waals surface area contributed by atoms with Crippen LogP contribution in [0.2, 0.25) is 0 Å². The summed E-state index contributed by atoms with van der Waals surface area (Å²) in [7, 11) is 1.81. The number of fused-ring (bicyclic) bond motifs is 1. The highest BCUT2D eigenvalue weighted by atomic mass is 19.1. The van der Waals surface area contributed by atoms with E-state index in [9.17, 15) is 4.39 Å². The van der Waals surface area contributed by atoms with Crippen molar-refractivity contribution in [2.24, 2.45) is 0 Å². The van der Waals surface area contributed by atoms with Crippen LogP contribution in [0.25, 0.3) is 22.6 Å². The van der Waals surface area contributed by atoms with E-state index >= 15 is 0 Å². The van der Waals surface area contributed by atoms with Crippen molar-refractivity contribution in [1.29, 1.82) is 0 Å². The highest BCUT2D eigenvalue weighted by Gasteiger charge is 2.09. The molecule has 114 valence electrons. The normalized spacial score (nSPS) is 10.8. The maximum absolute atomic E-state index is 12.1. The monoisotopic (exact) mass is 301 g/mol. The number of ether oxygens (including phenoxy) is 1. The molecule has 5 nitrogen and oxygen atoms in total. The molecule has 0 saturated heterocycles. The molecule has 0 radical (unpaired) electrons. The lowest BCUT2D eigenvalue weighted by molar-refractivity contribution is 0.290. The average molecular weight is 301 g/mol. The number of rotatable bonds is 6. The molecule has 0 bridgehead atoms. The van der Waals surface area contributed by atoms with Crippen LogP contribution in [0.15, 0.2) is 40.9 Å². The largest absolute Gasteiger partial charge is 0.493 e. The first-order chi connectivity index (χ1) is 10.8. The van der Waals surface area contributed by atoms with Gasteiger partial charge in [-0.1, -0.05) is 0 Å². The van der Waals surface area contributed by atoms with Crippen molar-refractivity contribution in [2.75, 3.05) is 25.6 Å². The number of anilines is 1. The number of hydrogen-bond donors (Lipinski definition) is 1. The molecule has 3 aromatic rings. The SMILES string of the molecule is CNc1ccc(-c2nc3cc(OCCCF)ccc3o2)cn1. The zero-order valence-corrected chi connectivity index (χ0v) is 12.2. The Morgan fingerprint density at radius 3 is 2.91 bits per heavy atom. The number of nitrogens with one attached hydrogen (secondary N) is 1. The Morgan fingerprint density at radius 1 is 1.27 bits per heavy atom. The number of hydrogen-bond acceptors (Lipinski definition) is 5. The minimum atomic E-state index is -0.383. The molecule has 6 heteroatoms. The highest BCUT2D eigenvalue weighted by molar-refractivity contribution is 5.77. The minimum Gasteiger partial charge on any atom is -0.493 e. The second-order valence-corrected chi connectivity index (χ2v) is 4.72. The summed E-state index contributed by atoms with van der Waals surface area (Å²) in [6.45, 7) is -0.0337. The van der Waals surface area contributed by atoms with Gasteiger partial charge in [-0.05, 0) is 24.3 Å². The molecule has 0 saturated carbocycles. The van der Waals surface area contributed by atoms with E-state index in [0.717, 1.165) is 11.4 Å². The van der Waals surface area contributed by atoms with Crippen LogP contribution in [0, 0.1) is 0 Å². The van der Waals surface area contributed by atoms with E-state index in [1.807, 2.05) is 19.2 Å². The van der Waals surface area contributed by atoms with Gasteiger partial charge in [-0.2, -0.15) is 0 Å². The number of oxazole rings is 1. The van der Waals surface area contributed by atoms with E-state index in [-0.39, 0.29) is 6.67 Å². The first-order valence-corrected chi connectivity index (χ1v) is 7.03. The number of nitrogens with zero attached hydrogens (tertiary/aromatic N) is 2. The van der Waals surface area contributed by atoms with Gasteiger partial charge in [0.05, 0.1) is 18.8 Å². The van der Waals surface area contributed by atoms with Crippen molar-refractivity contribution >= 4 is 16.9 Å². The molecule has 0 amide bonds. The van der Waals surface area contributed by atoms with Gasteiger partial charge in [0.15, 0.2) is 5.58 Å². The zero-order chi connectivity index (χ0) is 15.4. The smallest absolute Gasteiger partial charge is 0.228 e. The first-order valence-electron chi connectivity index (χ1n) is 7.03. The Bertz CT molecular complexity index is 756. The van der Waals surface area contributed by atoms with Crippen LogP contribution in [0.1, 0.15) is 6.42 Å². The van der Waals surface area contributed by atoms with Gasteiger partial charge in [-0.15, -0.1) is 0 Å². The highest BCUT2D eigenvalue weighted by Crippen LogP contribution is 2.27. The minimum absolute atomic E-state index is 0.349. The number of halogens is 1. The molecule has 2 heterocycles. The molecule has 0 aliphatic carbocycles.